The van der Waals surface area contributed by atoms with Gasteiger partial charge in [0.2, 0.25) is 0 Å². The van der Waals surface area contributed by atoms with Crippen molar-refractivity contribution in [3.63, 3.8) is 0 Å². The molecule has 0 radical (unpaired) electrons. The van der Waals surface area contributed by atoms with Crippen LogP contribution in [0.15, 0.2) is 0 Å². The first-order chi connectivity index (χ1) is 8.04. The van der Waals surface area contributed by atoms with E-state index in [1.165, 1.54) is 7.11 Å². The Balaban J connectivity index is 2.20. The Hall–Kier alpha value is -1.30. The molecule has 0 saturated carbocycles. The molecule has 0 amide bonds. The number of hydrogen-bond donors (Lipinski definition) is 1. The van der Waals surface area contributed by atoms with Crippen molar-refractivity contribution in [1.82, 2.24) is 4.90 Å². The maximum Gasteiger partial charge on any atom is 0.506 e. The zero-order valence-electron chi connectivity index (χ0n) is 9.96. The van der Waals surface area contributed by atoms with E-state index in [4.69, 9.17) is 14.6 Å². The summed E-state index contributed by atoms with van der Waals surface area (Å²) in [6.07, 6.45) is 0.537. The number of methoxy groups -OCH3 is 1. The van der Waals surface area contributed by atoms with Crippen molar-refractivity contribution in [1.29, 1.82) is 0 Å². The van der Waals surface area contributed by atoms with Crippen LogP contribution >= 0.6 is 0 Å². The first-order valence-electron chi connectivity index (χ1n) is 5.74. The number of carboxylic acid groups (broad SMARTS) is 1. The van der Waals surface area contributed by atoms with E-state index >= 15 is 0 Å². The SMILES string of the molecule is COC(=O)[C@H]1[C@@H](OC(=O)O)C[C@@H]2CC[C@H]1N2C. The molecule has 2 fully saturated rings. The average molecular weight is 243 g/mol. The number of hydrogen-bond acceptors (Lipinski definition) is 5. The summed E-state index contributed by atoms with van der Waals surface area (Å²) in [6, 6.07) is 0.343. The summed E-state index contributed by atoms with van der Waals surface area (Å²) in [5, 5.41) is 8.71. The van der Waals surface area contributed by atoms with Crippen molar-refractivity contribution in [2.45, 2.75) is 37.5 Å². The third kappa shape index (κ3) is 2.09. The predicted molar refractivity (Wildman–Crippen MR) is 57.6 cm³/mol. The summed E-state index contributed by atoms with van der Waals surface area (Å²) in [4.78, 5) is 24.6. The molecule has 0 aromatic heterocycles. The standard InChI is InChI=1S/C11H17NO5/c1-12-6-3-4-7(12)9(10(13)16-2)8(5-6)17-11(14)15/h6-9H,3-5H2,1-2H3,(H,14,15)/t6-,7+,8-,9+/m0/s1. The van der Waals surface area contributed by atoms with Gasteiger partial charge in [0.15, 0.2) is 0 Å². The molecule has 2 bridgehead atoms. The topological polar surface area (TPSA) is 76.1 Å². The summed E-state index contributed by atoms with van der Waals surface area (Å²) in [5.74, 6) is -0.881. The number of carbonyl (C=O) groups is 2. The Bertz CT molecular complexity index is 332. The van der Waals surface area contributed by atoms with Crippen molar-refractivity contribution >= 4 is 12.1 Å². The molecule has 2 aliphatic rings. The second-order valence-corrected chi connectivity index (χ2v) is 4.67. The molecule has 17 heavy (non-hydrogen) atoms. The minimum atomic E-state index is -1.33. The fraction of sp³-hybridized carbons (Fsp3) is 0.818. The second-order valence-electron chi connectivity index (χ2n) is 4.67. The fourth-order valence-electron chi connectivity index (χ4n) is 3.12. The lowest BCUT2D eigenvalue weighted by Crippen LogP contribution is -2.53. The lowest BCUT2D eigenvalue weighted by atomic mass is 9.87. The van der Waals surface area contributed by atoms with Gasteiger partial charge in [-0.2, -0.15) is 0 Å². The van der Waals surface area contributed by atoms with Gasteiger partial charge in [0.25, 0.3) is 0 Å². The highest BCUT2D eigenvalue weighted by molar-refractivity contribution is 5.74. The van der Waals surface area contributed by atoms with Crippen molar-refractivity contribution < 1.29 is 24.2 Å². The maximum absolute atomic E-state index is 11.8. The second kappa shape index (κ2) is 4.52. The maximum atomic E-state index is 11.8. The minimum absolute atomic E-state index is 0.0329. The number of nitrogens with zero attached hydrogens (tertiary/aromatic N) is 1. The van der Waals surface area contributed by atoms with Crippen LogP contribution in [0.5, 0.6) is 0 Å². The monoisotopic (exact) mass is 243 g/mol. The van der Waals surface area contributed by atoms with Gasteiger partial charge in [0.05, 0.1) is 7.11 Å². The van der Waals surface area contributed by atoms with Crippen LogP contribution < -0.4 is 0 Å². The van der Waals surface area contributed by atoms with Crippen LogP contribution in [0.3, 0.4) is 0 Å². The summed E-state index contributed by atoms with van der Waals surface area (Å²) in [7, 11) is 3.29. The highest BCUT2D eigenvalue weighted by atomic mass is 16.7. The highest BCUT2D eigenvalue weighted by Crippen LogP contribution is 2.40. The smallest absolute Gasteiger partial charge is 0.469 e. The van der Waals surface area contributed by atoms with Gasteiger partial charge < -0.3 is 14.6 Å². The zero-order valence-corrected chi connectivity index (χ0v) is 9.96. The van der Waals surface area contributed by atoms with E-state index in [2.05, 4.69) is 4.90 Å². The molecule has 2 heterocycles. The summed E-state index contributed by atoms with van der Waals surface area (Å²) >= 11 is 0. The van der Waals surface area contributed by atoms with Gasteiger partial charge in [-0.3, -0.25) is 9.69 Å². The molecule has 96 valence electrons. The lowest BCUT2D eigenvalue weighted by Gasteiger charge is -2.40. The van der Waals surface area contributed by atoms with Crippen LogP contribution in [0.25, 0.3) is 0 Å². The van der Waals surface area contributed by atoms with Gasteiger partial charge in [-0.1, -0.05) is 0 Å². The van der Waals surface area contributed by atoms with Crippen molar-refractivity contribution in [2.24, 2.45) is 5.92 Å². The Kier molecular flexibility index (Phi) is 3.24. The zero-order chi connectivity index (χ0) is 12.6. The predicted octanol–water partition coefficient (Wildman–Crippen LogP) is 0.705. The molecule has 0 aromatic carbocycles. The Morgan fingerprint density at radius 2 is 2.06 bits per heavy atom. The molecule has 0 aliphatic carbocycles. The first kappa shape index (κ1) is 12.2. The minimum Gasteiger partial charge on any atom is -0.469 e. The van der Waals surface area contributed by atoms with E-state index < -0.39 is 18.2 Å². The number of rotatable bonds is 2. The third-order valence-electron chi connectivity index (χ3n) is 3.94. The largest absolute Gasteiger partial charge is 0.506 e. The van der Waals surface area contributed by atoms with E-state index in [-0.39, 0.29) is 12.0 Å². The van der Waals surface area contributed by atoms with E-state index in [9.17, 15) is 9.59 Å². The van der Waals surface area contributed by atoms with Crippen LogP contribution in [0.1, 0.15) is 19.3 Å². The molecule has 0 spiro atoms. The Labute approximate surface area is 99.5 Å². The number of fused-ring (bicyclic) bond motifs is 2. The number of carbonyl (C=O) groups excluding carboxylic acids is 1. The van der Waals surface area contributed by atoms with Gasteiger partial charge in [0.1, 0.15) is 12.0 Å². The molecule has 1 N–H and O–H groups in total. The van der Waals surface area contributed by atoms with Crippen molar-refractivity contribution in [2.75, 3.05) is 14.2 Å². The number of piperidine rings is 1. The van der Waals surface area contributed by atoms with Gasteiger partial charge in [-0.05, 0) is 19.9 Å². The van der Waals surface area contributed by atoms with E-state index in [1.807, 2.05) is 7.05 Å². The molecule has 4 atom stereocenters. The molecule has 2 saturated heterocycles. The summed E-state index contributed by atoms with van der Waals surface area (Å²) < 4.78 is 9.61. The first-order valence-corrected chi connectivity index (χ1v) is 5.74. The Morgan fingerprint density at radius 3 is 2.65 bits per heavy atom. The average Bonchev–Trinajstić information content (AvgIpc) is 2.51. The van der Waals surface area contributed by atoms with Crippen LogP contribution in [0.4, 0.5) is 4.79 Å². The van der Waals surface area contributed by atoms with E-state index in [0.29, 0.717) is 12.5 Å². The fourth-order valence-corrected chi connectivity index (χ4v) is 3.12. The summed E-state index contributed by atoms with van der Waals surface area (Å²) in [6.45, 7) is 0. The number of ether oxygens (including phenoxy) is 2. The van der Waals surface area contributed by atoms with Crippen LogP contribution in [-0.2, 0) is 14.3 Å². The molecular weight excluding hydrogens is 226 g/mol. The quantitative estimate of drug-likeness (QED) is 0.720. The van der Waals surface area contributed by atoms with Crippen LogP contribution in [0, 0.1) is 5.92 Å². The highest BCUT2D eigenvalue weighted by Gasteiger charge is 2.50. The molecule has 6 nitrogen and oxygen atoms in total. The normalized spacial score (nSPS) is 36.6. The van der Waals surface area contributed by atoms with Crippen molar-refractivity contribution in [3.05, 3.63) is 0 Å². The summed E-state index contributed by atoms with van der Waals surface area (Å²) in [5.41, 5.74) is 0. The molecule has 2 rings (SSSR count). The molecule has 2 aliphatic heterocycles. The van der Waals surface area contributed by atoms with Gasteiger partial charge in [-0.15, -0.1) is 0 Å². The van der Waals surface area contributed by atoms with Crippen LogP contribution in [-0.4, -0.2) is 54.5 Å². The number of esters is 1. The lowest BCUT2D eigenvalue weighted by molar-refractivity contribution is -0.156. The third-order valence-corrected chi connectivity index (χ3v) is 3.94. The molecule has 6 heteroatoms. The van der Waals surface area contributed by atoms with Gasteiger partial charge >= 0.3 is 12.1 Å². The van der Waals surface area contributed by atoms with Crippen molar-refractivity contribution in [3.8, 4) is 0 Å². The van der Waals surface area contributed by atoms with E-state index in [0.717, 1.165) is 12.8 Å². The van der Waals surface area contributed by atoms with Crippen LogP contribution in [0.2, 0.25) is 0 Å². The molecule has 0 unspecified atom stereocenters. The van der Waals surface area contributed by atoms with Gasteiger partial charge in [0, 0.05) is 18.5 Å². The molecular formula is C11H17NO5. The molecule has 0 aromatic rings. The Morgan fingerprint density at radius 1 is 1.35 bits per heavy atom. The van der Waals surface area contributed by atoms with Gasteiger partial charge in [-0.25, -0.2) is 4.79 Å². The van der Waals surface area contributed by atoms with E-state index in [1.54, 1.807) is 0 Å².